The third-order valence-corrected chi connectivity index (χ3v) is 8.88. The highest BCUT2D eigenvalue weighted by Crippen LogP contribution is 2.47. The normalized spacial score (nSPS) is 19.1. The van der Waals surface area contributed by atoms with Crippen LogP contribution in [0.25, 0.3) is 10.8 Å². The summed E-state index contributed by atoms with van der Waals surface area (Å²) >= 11 is 0. The molecule has 254 valence electrons. The van der Waals surface area contributed by atoms with Crippen LogP contribution in [0.5, 0.6) is 17.2 Å². The summed E-state index contributed by atoms with van der Waals surface area (Å²) in [6, 6.07) is 35.3. The summed E-state index contributed by atoms with van der Waals surface area (Å²) in [5.74, 6) is 0.481. The van der Waals surface area contributed by atoms with Gasteiger partial charge in [0.1, 0.15) is 29.5 Å². The predicted molar refractivity (Wildman–Crippen MR) is 187 cm³/mol. The van der Waals surface area contributed by atoms with Crippen LogP contribution in [0.4, 0.5) is 0 Å². The second-order valence-corrected chi connectivity index (χ2v) is 12.1. The number of aromatic hydroxyl groups is 1. The number of carbonyl (C=O) groups excluding carboxylic acids is 1. The second-order valence-electron chi connectivity index (χ2n) is 12.1. The molecule has 1 aliphatic heterocycles. The van der Waals surface area contributed by atoms with Gasteiger partial charge in [0.15, 0.2) is 5.78 Å². The highest BCUT2D eigenvalue weighted by molar-refractivity contribution is 6.08. The van der Waals surface area contributed by atoms with Crippen molar-refractivity contribution >= 4 is 16.6 Å². The van der Waals surface area contributed by atoms with E-state index in [0.717, 1.165) is 16.7 Å². The topological polar surface area (TPSA) is 92.7 Å². The first kappa shape index (κ1) is 34.1. The smallest absolute Gasteiger partial charge is 0.163 e. The van der Waals surface area contributed by atoms with Crippen LogP contribution in [0.15, 0.2) is 109 Å². The first-order valence-electron chi connectivity index (χ1n) is 16.5. The van der Waals surface area contributed by atoms with Gasteiger partial charge in [-0.3, -0.25) is 4.79 Å². The van der Waals surface area contributed by atoms with Crippen molar-refractivity contribution in [3.8, 4) is 17.2 Å². The maximum Gasteiger partial charge on any atom is 0.163 e. The van der Waals surface area contributed by atoms with Gasteiger partial charge in [0, 0.05) is 17.4 Å². The molecule has 1 saturated heterocycles. The van der Waals surface area contributed by atoms with Crippen LogP contribution in [-0.2, 0) is 38.8 Å². The maximum absolute atomic E-state index is 12.6. The summed E-state index contributed by atoms with van der Waals surface area (Å²) in [6.07, 6.45) is -1.63. The van der Waals surface area contributed by atoms with Crippen LogP contribution in [0.3, 0.4) is 0 Å². The van der Waals surface area contributed by atoms with Crippen molar-refractivity contribution < 1.29 is 38.3 Å². The molecular formula is C41H42O8. The number of phenols is 1. The van der Waals surface area contributed by atoms with E-state index >= 15 is 0 Å². The summed E-state index contributed by atoms with van der Waals surface area (Å²) in [5, 5.41) is 12.9. The molecule has 0 unspecified atom stereocenters. The second kappa shape index (κ2) is 16.1. The third kappa shape index (κ3) is 7.95. The molecule has 0 radical (unpaired) electrons. The molecule has 1 aliphatic rings. The van der Waals surface area contributed by atoms with E-state index < -0.39 is 24.4 Å². The number of rotatable bonds is 14. The summed E-state index contributed by atoms with van der Waals surface area (Å²) in [7, 11) is 3.02. The van der Waals surface area contributed by atoms with Crippen LogP contribution in [-0.4, -0.2) is 50.0 Å². The number of benzene rings is 5. The van der Waals surface area contributed by atoms with E-state index in [1.165, 1.54) is 21.1 Å². The monoisotopic (exact) mass is 662 g/mol. The van der Waals surface area contributed by atoms with Crippen molar-refractivity contribution in [3.63, 3.8) is 0 Å². The van der Waals surface area contributed by atoms with Crippen molar-refractivity contribution in [1.82, 2.24) is 0 Å². The Balaban J connectivity index is 1.37. The van der Waals surface area contributed by atoms with Gasteiger partial charge >= 0.3 is 0 Å². The number of ether oxygens (including phenoxy) is 6. The number of Topliss-reactive ketones (excluding diaryl/α,β-unsaturated/α-hetero) is 1. The fraction of sp³-hybridized carbons (Fsp3) is 0.293. The lowest BCUT2D eigenvalue weighted by molar-refractivity contribution is -0.222. The molecule has 1 heterocycles. The first-order chi connectivity index (χ1) is 24.0. The summed E-state index contributed by atoms with van der Waals surface area (Å²) < 4.78 is 37.6. The first-order valence-corrected chi connectivity index (χ1v) is 16.5. The molecular weight excluding hydrogens is 620 g/mol. The fourth-order valence-corrected chi connectivity index (χ4v) is 6.41. The van der Waals surface area contributed by atoms with Gasteiger partial charge < -0.3 is 33.5 Å². The Morgan fingerprint density at radius 1 is 0.776 bits per heavy atom. The minimum Gasteiger partial charge on any atom is -0.507 e. The number of phenolic OH excluding ortho intramolecular Hbond substituents is 1. The van der Waals surface area contributed by atoms with Gasteiger partial charge in [-0.25, -0.2) is 0 Å². The molecule has 49 heavy (non-hydrogen) atoms. The van der Waals surface area contributed by atoms with Crippen LogP contribution >= 0.6 is 0 Å². The molecule has 0 amide bonds. The van der Waals surface area contributed by atoms with Crippen molar-refractivity contribution in [2.24, 2.45) is 0 Å². The average molecular weight is 663 g/mol. The number of hydrogen-bond acceptors (Lipinski definition) is 8. The number of ketones is 1. The van der Waals surface area contributed by atoms with E-state index in [2.05, 4.69) is 0 Å². The van der Waals surface area contributed by atoms with E-state index in [0.29, 0.717) is 53.9 Å². The number of hydrogen-bond donors (Lipinski definition) is 1. The molecule has 0 aliphatic carbocycles. The largest absolute Gasteiger partial charge is 0.507 e. The highest BCUT2D eigenvalue weighted by Gasteiger charge is 2.42. The lowest BCUT2D eigenvalue weighted by atomic mass is 9.90. The molecule has 6 rings (SSSR count). The number of methoxy groups -OCH3 is 2. The minimum absolute atomic E-state index is 0.0461. The van der Waals surface area contributed by atoms with Crippen LogP contribution in [0.2, 0.25) is 0 Å². The Labute approximate surface area is 287 Å². The van der Waals surface area contributed by atoms with Crippen molar-refractivity contribution in [2.75, 3.05) is 20.8 Å². The van der Waals surface area contributed by atoms with Crippen LogP contribution in [0.1, 0.15) is 52.1 Å². The van der Waals surface area contributed by atoms with E-state index in [-0.39, 0.29) is 23.9 Å². The zero-order valence-corrected chi connectivity index (χ0v) is 28.0. The molecule has 1 N–H and O–H groups in total. The fourth-order valence-electron chi connectivity index (χ4n) is 6.41. The molecule has 0 bridgehead atoms. The zero-order valence-electron chi connectivity index (χ0n) is 28.0. The quantitative estimate of drug-likeness (QED) is 0.120. The molecule has 8 heteroatoms. The maximum atomic E-state index is 12.6. The highest BCUT2D eigenvalue weighted by atomic mass is 16.6. The molecule has 0 saturated carbocycles. The predicted octanol–water partition coefficient (Wildman–Crippen LogP) is 7.98. The van der Waals surface area contributed by atoms with Gasteiger partial charge in [0.2, 0.25) is 0 Å². The summed E-state index contributed by atoms with van der Waals surface area (Å²) in [6.45, 7) is 2.83. The summed E-state index contributed by atoms with van der Waals surface area (Å²) in [4.78, 5) is 12.6. The standard InChI is InChI=1S/C41H42O8/c1-27(42)33-21-34(44-2)31-19-20-32(39(43)38(31)40(33)45-3)35-22-36(47-24-29-15-9-5-10-16-29)41(48-25-30-17-11-6-12-18-30)37(49-35)26-46-23-28-13-7-4-8-14-28/h4-21,35-37,41,43H,22-26H2,1-3H3/t35-,36-,37-,41+/m1/s1. The lowest BCUT2D eigenvalue weighted by Gasteiger charge is -2.42. The van der Waals surface area contributed by atoms with Gasteiger partial charge in [-0.1, -0.05) is 97.1 Å². The van der Waals surface area contributed by atoms with Gasteiger partial charge in [-0.2, -0.15) is 0 Å². The van der Waals surface area contributed by atoms with E-state index in [4.69, 9.17) is 28.4 Å². The average Bonchev–Trinajstić information content (AvgIpc) is 3.14. The molecule has 5 aromatic carbocycles. The van der Waals surface area contributed by atoms with Crippen LogP contribution < -0.4 is 9.47 Å². The van der Waals surface area contributed by atoms with E-state index in [1.807, 2.05) is 103 Å². The Morgan fingerprint density at radius 3 is 1.94 bits per heavy atom. The van der Waals surface area contributed by atoms with Crippen molar-refractivity contribution in [1.29, 1.82) is 0 Å². The zero-order chi connectivity index (χ0) is 34.2. The molecule has 1 fully saturated rings. The molecule has 8 nitrogen and oxygen atoms in total. The van der Waals surface area contributed by atoms with E-state index in [1.54, 1.807) is 6.07 Å². The Bertz CT molecular complexity index is 1830. The van der Waals surface area contributed by atoms with Crippen molar-refractivity contribution in [2.45, 2.75) is 57.6 Å². The Morgan fingerprint density at radius 2 is 1.37 bits per heavy atom. The number of fused-ring (bicyclic) bond motifs is 1. The Kier molecular flexibility index (Phi) is 11.2. The molecule has 0 spiro atoms. The summed E-state index contributed by atoms with van der Waals surface area (Å²) in [5.41, 5.74) is 3.96. The van der Waals surface area contributed by atoms with Crippen LogP contribution in [0, 0.1) is 0 Å². The molecule has 4 atom stereocenters. The van der Waals surface area contributed by atoms with Gasteiger partial charge in [0.25, 0.3) is 0 Å². The minimum atomic E-state index is -0.594. The van der Waals surface area contributed by atoms with Crippen molar-refractivity contribution in [3.05, 3.63) is 137 Å². The van der Waals surface area contributed by atoms with Gasteiger partial charge in [-0.05, 0) is 35.7 Å². The molecule has 5 aromatic rings. The molecule has 0 aromatic heterocycles. The van der Waals surface area contributed by atoms with Gasteiger partial charge in [-0.15, -0.1) is 0 Å². The Hall–Kier alpha value is -4.73. The third-order valence-electron chi connectivity index (χ3n) is 8.88. The SMILES string of the molecule is COc1cc(C(C)=O)c(OC)c2c(O)c([C@H]3C[C@@H](OCc4ccccc4)[C@H](OCc4ccccc4)[C@@H](COCc4ccccc4)O3)ccc12. The van der Waals surface area contributed by atoms with E-state index in [9.17, 15) is 9.90 Å². The van der Waals surface area contributed by atoms with Gasteiger partial charge in [0.05, 0.1) is 63.8 Å². The number of carbonyl (C=O) groups is 1. The lowest BCUT2D eigenvalue weighted by Crippen LogP contribution is -2.50.